The number of nitrogens with zero attached hydrogens (tertiary/aromatic N) is 2. The summed E-state index contributed by atoms with van der Waals surface area (Å²) in [6.45, 7) is 2.80. The topological polar surface area (TPSA) is 78.3 Å². The van der Waals surface area contributed by atoms with E-state index in [0.717, 1.165) is 34.8 Å². The fourth-order valence-corrected chi connectivity index (χ4v) is 3.27. The normalized spacial score (nSPS) is 12.8. The van der Waals surface area contributed by atoms with E-state index in [4.69, 9.17) is 5.11 Å². The summed E-state index contributed by atoms with van der Waals surface area (Å²) in [7, 11) is 0. The van der Waals surface area contributed by atoms with Gasteiger partial charge in [-0.1, -0.05) is 6.92 Å². The number of aliphatic hydroxyl groups is 2. The molecular weight excluding hydrogens is 294 g/mol. The molecule has 0 aliphatic carbocycles. The lowest BCUT2D eigenvalue weighted by Crippen LogP contribution is -2.15. The van der Waals surface area contributed by atoms with Crippen LogP contribution >= 0.6 is 23.1 Å². The lowest BCUT2D eigenvalue weighted by atomic mass is 10.3. The summed E-state index contributed by atoms with van der Waals surface area (Å²) in [5, 5.41) is 24.5. The summed E-state index contributed by atoms with van der Waals surface area (Å²) in [5.74, 6) is 2.76. The Labute approximate surface area is 126 Å². The van der Waals surface area contributed by atoms with Gasteiger partial charge in [0.25, 0.3) is 0 Å². The summed E-state index contributed by atoms with van der Waals surface area (Å²) < 4.78 is 0. The molecule has 0 spiro atoms. The molecule has 1 atom stereocenters. The number of aromatic nitrogens is 2. The van der Waals surface area contributed by atoms with E-state index in [1.165, 1.54) is 11.8 Å². The van der Waals surface area contributed by atoms with E-state index in [1.807, 2.05) is 11.4 Å². The van der Waals surface area contributed by atoms with Crippen LogP contribution in [0, 0.1) is 0 Å². The second-order valence-corrected chi connectivity index (χ2v) is 6.33. The van der Waals surface area contributed by atoms with Gasteiger partial charge in [0, 0.05) is 12.3 Å². The van der Waals surface area contributed by atoms with Crippen LogP contribution in [0.4, 0.5) is 5.82 Å². The first-order valence-electron chi connectivity index (χ1n) is 6.59. The molecule has 5 nitrogen and oxygen atoms in total. The fourth-order valence-electron chi connectivity index (χ4n) is 1.68. The first-order chi connectivity index (χ1) is 9.74. The standard InChI is InChI=1S/C13H19N3O2S2/c1-2-4-14-12-10-3-5-20-13(10)16-11(15-12)8-19-7-9(18)6-17/h3,5,9,17-18H,2,4,6-8H2,1H3,(H,14,15,16). The molecule has 2 aromatic rings. The minimum absolute atomic E-state index is 0.207. The fraction of sp³-hybridized carbons (Fsp3) is 0.538. The lowest BCUT2D eigenvalue weighted by molar-refractivity contribution is 0.113. The monoisotopic (exact) mass is 313 g/mol. The quantitative estimate of drug-likeness (QED) is 0.693. The van der Waals surface area contributed by atoms with Crippen molar-refractivity contribution in [3.05, 3.63) is 17.3 Å². The van der Waals surface area contributed by atoms with Crippen LogP contribution in [0.25, 0.3) is 10.2 Å². The van der Waals surface area contributed by atoms with Gasteiger partial charge in [-0.3, -0.25) is 0 Å². The van der Waals surface area contributed by atoms with Gasteiger partial charge in [0.1, 0.15) is 16.5 Å². The molecule has 20 heavy (non-hydrogen) atoms. The summed E-state index contributed by atoms with van der Waals surface area (Å²) in [6.07, 6.45) is 0.366. The largest absolute Gasteiger partial charge is 0.394 e. The molecule has 2 rings (SSSR count). The van der Waals surface area contributed by atoms with Crippen LogP contribution in [-0.4, -0.2) is 45.2 Å². The second kappa shape index (κ2) is 7.78. The van der Waals surface area contributed by atoms with Crippen LogP contribution in [0.5, 0.6) is 0 Å². The van der Waals surface area contributed by atoms with Crippen molar-refractivity contribution in [2.75, 3.05) is 24.2 Å². The van der Waals surface area contributed by atoms with Gasteiger partial charge in [-0.05, 0) is 17.9 Å². The molecule has 0 aliphatic heterocycles. The SMILES string of the molecule is CCCNc1nc(CSCC(O)CO)nc2sccc12. The number of nitrogens with one attached hydrogen (secondary N) is 1. The maximum absolute atomic E-state index is 9.32. The predicted octanol–water partition coefficient (Wildman–Crippen LogP) is 2.10. The Hall–Kier alpha value is -0.890. The molecule has 3 N–H and O–H groups in total. The van der Waals surface area contributed by atoms with Gasteiger partial charge in [-0.15, -0.1) is 11.3 Å². The summed E-state index contributed by atoms with van der Waals surface area (Å²) in [5.41, 5.74) is 0. The van der Waals surface area contributed by atoms with Crippen molar-refractivity contribution in [2.45, 2.75) is 25.2 Å². The van der Waals surface area contributed by atoms with Crippen LogP contribution in [-0.2, 0) is 5.75 Å². The number of thiophene rings is 1. The van der Waals surface area contributed by atoms with Gasteiger partial charge in [0.15, 0.2) is 0 Å². The number of anilines is 1. The van der Waals surface area contributed by atoms with E-state index >= 15 is 0 Å². The van der Waals surface area contributed by atoms with Crippen LogP contribution in [0.1, 0.15) is 19.2 Å². The van der Waals surface area contributed by atoms with E-state index in [0.29, 0.717) is 11.5 Å². The Morgan fingerprint density at radius 2 is 2.30 bits per heavy atom. The Bertz CT molecular complexity index is 547. The van der Waals surface area contributed by atoms with Crippen molar-refractivity contribution in [2.24, 2.45) is 0 Å². The highest BCUT2D eigenvalue weighted by Gasteiger charge is 2.09. The second-order valence-electron chi connectivity index (χ2n) is 4.41. The van der Waals surface area contributed by atoms with Gasteiger partial charge in [0.05, 0.1) is 23.8 Å². The van der Waals surface area contributed by atoms with Crippen molar-refractivity contribution in [3.63, 3.8) is 0 Å². The molecule has 0 aromatic carbocycles. The molecule has 1 unspecified atom stereocenters. The smallest absolute Gasteiger partial charge is 0.142 e. The highest BCUT2D eigenvalue weighted by Crippen LogP contribution is 2.26. The molecule has 2 aromatic heterocycles. The third-order valence-electron chi connectivity index (χ3n) is 2.67. The van der Waals surface area contributed by atoms with E-state index < -0.39 is 6.10 Å². The van der Waals surface area contributed by atoms with Crippen LogP contribution < -0.4 is 5.32 Å². The molecule has 110 valence electrons. The molecule has 0 saturated carbocycles. The minimum Gasteiger partial charge on any atom is -0.394 e. The number of rotatable bonds is 8. The van der Waals surface area contributed by atoms with Crippen molar-refractivity contribution in [1.29, 1.82) is 0 Å². The molecule has 0 fully saturated rings. The molecule has 0 amide bonds. The summed E-state index contributed by atoms with van der Waals surface area (Å²) in [4.78, 5) is 10.1. The van der Waals surface area contributed by atoms with Crippen molar-refractivity contribution >= 4 is 39.1 Å². The number of hydrogen-bond donors (Lipinski definition) is 3. The third kappa shape index (κ3) is 4.05. The number of thioether (sulfide) groups is 1. The van der Waals surface area contributed by atoms with E-state index in [9.17, 15) is 5.11 Å². The maximum atomic E-state index is 9.32. The van der Waals surface area contributed by atoms with E-state index in [-0.39, 0.29) is 6.61 Å². The third-order valence-corrected chi connectivity index (χ3v) is 4.56. The summed E-state index contributed by atoms with van der Waals surface area (Å²) in [6, 6.07) is 2.03. The average molecular weight is 313 g/mol. The maximum Gasteiger partial charge on any atom is 0.142 e. The van der Waals surface area contributed by atoms with E-state index in [1.54, 1.807) is 11.3 Å². The zero-order valence-corrected chi connectivity index (χ0v) is 13.0. The predicted molar refractivity (Wildman–Crippen MR) is 85.5 cm³/mol. The van der Waals surface area contributed by atoms with Crippen molar-refractivity contribution < 1.29 is 10.2 Å². The zero-order valence-electron chi connectivity index (χ0n) is 11.4. The molecule has 2 heterocycles. The van der Waals surface area contributed by atoms with Crippen molar-refractivity contribution in [3.8, 4) is 0 Å². The number of fused-ring (bicyclic) bond motifs is 1. The van der Waals surface area contributed by atoms with Crippen molar-refractivity contribution in [1.82, 2.24) is 9.97 Å². The van der Waals surface area contributed by atoms with Crippen LogP contribution in [0.3, 0.4) is 0 Å². The minimum atomic E-state index is -0.678. The Balaban J connectivity index is 2.08. The zero-order chi connectivity index (χ0) is 14.4. The summed E-state index contributed by atoms with van der Waals surface area (Å²) >= 11 is 3.13. The highest BCUT2D eigenvalue weighted by molar-refractivity contribution is 7.98. The van der Waals surface area contributed by atoms with Crippen LogP contribution in [0.2, 0.25) is 0 Å². The first kappa shape index (κ1) is 15.5. The molecule has 0 aliphatic rings. The van der Waals surface area contributed by atoms with Gasteiger partial charge in [0.2, 0.25) is 0 Å². The number of aliphatic hydroxyl groups excluding tert-OH is 2. The highest BCUT2D eigenvalue weighted by atomic mass is 32.2. The van der Waals surface area contributed by atoms with Gasteiger partial charge >= 0.3 is 0 Å². The Kier molecular flexibility index (Phi) is 6.03. The molecule has 7 heteroatoms. The van der Waals surface area contributed by atoms with E-state index in [2.05, 4.69) is 22.2 Å². The lowest BCUT2D eigenvalue weighted by Gasteiger charge is -2.09. The van der Waals surface area contributed by atoms with Gasteiger partial charge < -0.3 is 15.5 Å². The van der Waals surface area contributed by atoms with Crippen LogP contribution in [0.15, 0.2) is 11.4 Å². The first-order valence-corrected chi connectivity index (χ1v) is 8.62. The Morgan fingerprint density at radius 3 is 3.05 bits per heavy atom. The van der Waals surface area contributed by atoms with Gasteiger partial charge in [-0.25, -0.2) is 9.97 Å². The molecule has 0 saturated heterocycles. The number of hydrogen-bond acceptors (Lipinski definition) is 7. The molecular formula is C13H19N3O2S2. The molecule has 0 radical (unpaired) electrons. The Morgan fingerprint density at radius 1 is 1.45 bits per heavy atom. The molecule has 0 bridgehead atoms. The average Bonchev–Trinajstić information content (AvgIpc) is 2.93. The van der Waals surface area contributed by atoms with Gasteiger partial charge in [-0.2, -0.15) is 11.8 Å².